The van der Waals surface area contributed by atoms with Gasteiger partial charge in [0.05, 0.1) is 19.0 Å². The number of hydrazone groups is 1. The lowest BCUT2D eigenvalue weighted by Crippen LogP contribution is -2.18. The summed E-state index contributed by atoms with van der Waals surface area (Å²) in [5, 5.41) is 20.4. The van der Waals surface area contributed by atoms with Gasteiger partial charge in [0.25, 0.3) is 5.91 Å². The lowest BCUT2D eigenvalue weighted by Gasteiger charge is -2.04. The summed E-state index contributed by atoms with van der Waals surface area (Å²) in [5.41, 5.74) is 4.09. The van der Waals surface area contributed by atoms with Crippen LogP contribution in [0.1, 0.15) is 16.1 Å². The molecular weight excluding hydrogens is 339 g/mol. The van der Waals surface area contributed by atoms with Crippen molar-refractivity contribution in [2.75, 3.05) is 7.11 Å². The number of carbonyl (C=O) groups is 1. The normalized spacial score (nSPS) is 10.8. The first-order valence-electron chi connectivity index (χ1n) is 7.59. The van der Waals surface area contributed by atoms with Crippen LogP contribution in [0.5, 0.6) is 11.5 Å². The molecule has 1 aromatic heterocycles. The first-order valence-corrected chi connectivity index (χ1v) is 7.59. The number of amides is 1. The zero-order chi connectivity index (χ0) is 18.5. The molecule has 3 aromatic rings. The Labute approximate surface area is 148 Å². The molecule has 0 atom stereocenters. The third kappa shape index (κ3) is 3.69. The number of carbonyl (C=O) groups excluding carboxylic acids is 1. The van der Waals surface area contributed by atoms with Crippen molar-refractivity contribution < 1.29 is 19.0 Å². The van der Waals surface area contributed by atoms with Gasteiger partial charge in [-0.05, 0) is 42.5 Å². The Morgan fingerprint density at radius 3 is 2.81 bits per heavy atom. The second-order valence-corrected chi connectivity index (χ2v) is 5.27. The Morgan fingerprint density at radius 2 is 2.08 bits per heavy atom. The van der Waals surface area contributed by atoms with Crippen LogP contribution in [-0.2, 0) is 0 Å². The zero-order valence-electron chi connectivity index (χ0n) is 13.7. The van der Waals surface area contributed by atoms with E-state index in [1.807, 2.05) is 0 Å². The standard InChI is InChI=1S/C18H15FN4O3/c1-26-16-4-2-3-12(17(16)24)10-20-23-18(25)15-9-14(21-22-15)11-5-7-13(19)8-6-11/h2-10,24H,1H3,(H,21,22)(H,23,25). The van der Waals surface area contributed by atoms with Crippen LogP contribution in [0.3, 0.4) is 0 Å². The van der Waals surface area contributed by atoms with Crippen LogP contribution in [0.25, 0.3) is 11.3 Å². The van der Waals surface area contributed by atoms with Crippen molar-refractivity contribution in [2.45, 2.75) is 0 Å². The highest BCUT2D eigenvalue weighted by molar-refractivity contribution is 5.94. The molecule has 8 heteroatoms. The molecule has 0 saturated heterocycles. The van der Waals surface area contributed by atoms with E-state index in [0.717, 1.165) is 0 Å². The SMILES string of the molecule is COc1cccc(C=NNC(=O)c2cc(-c3ccc(F)cc3)n[nH]2)c1O. The molecule has 1 amide bonds. The molecule has 132 valence electrons. The fraction of sp³-hybridized carbons (Fsp3) is 0.0556. The number of halogens is 1. The van der Waals surface area contributed by atoms with E-state index in [1.165, 1.54) is 31.5 Å². The Kier molecular flexibility index (Phi) is 4.93. The third-order valence-electron chi connectivity index (χ3n) is 3.58. The summed E-state index contributed by atoms with van der Waals surface area (Å²) in [6, 6.07) is 12.2. The van der Waals surface area contributed by atoms with Gasteiger partial charge in [0.2, 0.25) is 0 Å². The highest BCUT2D eigenvalue weighted by Crippen LogP contribution is 2.27. The zero-order valence-corrected chi connectivity index (χ0v) is 13.7. The number of benzene rings is 2. The van der Waals surface area contributed by atoms with Crippen LogP contribution in [0.4, 0.5) is 4.39 Å². The van der Waals surface area contributed by atoms with E-state index in [0.29, 0.717) is 22.6 Å². The fourth-order valence-corrected chi connectivity index (χ4v) is 2.24. The van der Waals surface area contributed by atoms with Gasteiger partial charge in [-0.3, -0.25) is 9.89 Å². The molecule has 0 bridgehead atoms. The molecule has 3 N–H and O–H groups in total. The second kappa shape index (κ2) is 7.47. The van der Waals surface area contributed by atoms with Gasteiger partial charge in [-0.2, -0.15) is 10.2 Å². The van der Waals surface area contributed by atoms with Crippen molar-refractivity contribution in [3.63, 3.8) is 0 Å². The number of methoxy groups -OCH3 is 1. The van der Waals surface area contributed by atoms with Crippen molar-refractivity contribution in [1.82, 2.24) is 15.6 Å². The van der Waals surface area contributed by atoms with Crippen LogP contribution in [0.15, 0.2) is 53.6 Å². The minimum Gasteiger partial charge on any atom is -0.504 e. The minimum atomic E-state index is -0.510. The van der Waals surface area contributed by atoms with E-state index in [9.17, 15) is 14.3 Å². The van der Waals surface area contributed by atoms with Crippen molar-refractivity contribution in [3.05, 3.63) is 65.6 Å². The van der Waals surface area contributed by atoms with Crippen LogP contribution >= 0.6 is 0 Å². The first-order chi connectivity index (χ1) is 12.6. The molecule has 7 nitrogen and oxygen atoms in total. The lowest BCUT2D eigenvalue weighted by molar-refractivity contribution is 0.0950. The van der Waals surface area contributed by atoms with E-state index in [1.54, 1.807) is 30.3 Å². The molecule has 0 fully saturated rings. The quantitative estimate of drug-likeness (QED) is 0.484. The summed E-state index contributed by atoms with van der Waals surface area (Å²) in [4.78, 5) is 12.1. The summed E-state index contributed by atoms with van der Waals surface area (Å²) in [5.74, 6) is -0.632. The minimum absolute atomic E-state index is 0.0758. The highest BCUT2D eigenvalue weighted by atomic mass is 19.1. The van der Waals surface area contributed by atoms with Crippen molar-refractivity contribution in [1.29, 1.82) is 0 Å². The van der Waals surface area contributed by atoms with Crippen molar-refractivity contribution in [2.24, 2.45) is 5.10 Å². The first kappa shape index (κ1) is 17.2. The molecule has 0 radical (unpaired) electrons. The van der Waals surface area contributed by atoms with E-state index >= 15 is 0 Å². The highest BCUT2D eigenvalue weighted by Gasteiger charge is 2.11. The predicted octanol–water partition coefficient (Wildman–Crippen LogP) is 2.69. The largest absolute Gasteiger partial charge is 0.504 e. The Bertz CT molecular complexity index is 951. The molecule has 0 unspecified atom stereocenters. The second-order valence-electron chi connectivity index (χ2n) is 5.27. The van der Waals surface area contributed by atoms with Crippen LogP contribution < -0.4 is 10.2 Å². The van der Waals surface area contributed by atoms with Crippen LogP contribution in [0.2, 0.25) is 0 Å². The summed E-state index contributed by atoms with van der Waals surface area (Å²) in [7, 11) is 1.44. The van der Waals surface area contributed by atoms with Crippen molar-refractivity contribution in [3.8, 4) is 22.8 Å². The molecule has 0 aliphatic rings. The number of ether oxygens (including phenoxy) is 1. The van der Waals surface area contributed by atoms with E-state index in [4.69, 9.17) is 4.74 Å². The summed E-state index contributed by atoms with van der Waals surface area (Å²) < 4.78 is 18.0. The molecule has 0 spiro atoms. The van der Waals surface area contributed by atoms with Gasteiger partial charge in [0.15, 0.2) is 11.5 Å². The van der Waals surface area contributed by atoms with Gasteiger partial charge < -0.3 is 9.84 Å². The van der Waals surface area contributed by atoms with Crippen LogP contribution in [0, 0.1) is 5.82 Å². The molecule has 2 aromatic carbocycles. The van der Waals surface area contributed by atoms with E-state index in [-0.39, 0.29) is 17.3 Å². The maximum atomic E-state index is 13.0. The topological polar surface area (TPSA) is 99.6 Å². The third-order valence-corrected chi connectivity index (χ3v) is 3.58. The van der Waals surface area contributed by atoms with Gasteiger partial charge in [-0.25, -0.2) is 9.82 Å². The maximum absolute atomic E-state index is 13.0. The molecule has 3 rings (SSSR count). The summed E-state index contributed by atoms with van der Waals surface area (Å²) in [6.07, 6.45) is 1.30. The predicted molar refractivity (Wildman–Crippen MR) is 93.7 cm³/mol. The molecule has 0 aliphatic heterocycles. The molecular formula is C18H15FN4O3. The average Bonchev–Trinajstić information content (AvgIpc) is 3.14. The smallest absolute Gasteiger partial charge is 0.289 e. The molecule has 26 heavy (non-hydrogen) atoms. The van der Waals surface area contributed by atoms with Gasteiger partial charge in [0.1, 0.15) is 11.5 Å². The van der Waals surface area contributed by atoms with Gasteiger partial charge in [-0.15, -0.1) is 0 Å². The number of hydrogen-bond acceptors (Lipinski definition) is 5. The number of nitrogens with zero attached hydrogens (tertiary/aromatic N) is 2. The van der Waals surface area contributed by atoms with Gasteiger partial charge >= 0.3 is 0 Å². The van der Waals surface area contributed by atoms with Gasteiger partial charge in [-0.1, -0.05) is 6.07 Å². The number of para-hydroxylation sites is 1. The van der Waals surface area contributed by atoms with Crippen LogP contribution in [-0.4, -0.2) is 34.5 Å². The van der Waals surface area contributed by atoms with Gasteiger partial charge in [0, 0.05) is 11.1 Å². The van der Waals surface area contributed by atoms with Crippen molar-refractivity contribution >= 4 is 12.1 Å². The number of rotatable bonds is 5. The number of nitrogens with one attached hydrogen (secondary N) is 2. The van der Waals surface area contributed by atoms with E-state index < -0.39 is 5.91 Å². The number of phenols is 1. The maximum Gasteiger partial charge on any atom is 0.289 e. The van der Waals surface area contributed by atoms with E-state index in [2.05, 4.69) is 20.7 Å². The number of phenolic OH excluding ortho intramolecular Hbond substituents is 1. The Balaban J connectivity index is 1.68. The number of aromatic amines is 1. The summed E-state index contributed by atoms with van der Waals surface area (Å²) in [6.45, 7) is 0. The lowest BCUT2D eigenvalue weighted by atomic mass is 10.1. The number of H-pyrrole nitrogens is 1. The average molecular weight is 354 g/mol. The Hall–Kier alpha value is -3.68. The number of aromatic hydroxyl groups is 1. The monoisotopic (exact) mass is 354 g/mol. The number of hydrogen-bond donors (Lipinski definition) is 3. The number of aromatic nitrogens is 2. The molecule has 1 heterocycles. The summed E-state index contributed by atoms with van der Waals surface area (Å²) >= 11 is 0. The fourth-order valence-electron chi connectivity index (χ4n) is 2.24. The molecule has 0 saturated carbocycles. The Morgan fingerprint density at radius 1 is 1.31 bits per heavy atom. The molecule has 0 aliphatic carbocycles.